The Morgan fingerprint density at radius 3 is 2.71 bits per heavy atom. The maximum absolute atomic E-state index is 13.5. The number of ether oxygens (including phenoxy) is 2. The van der Waals surface area contributed by atoms with Crippen molar-refractivity contribution in [1.82, 2.24) is 5.43 Å². The number of nitrogens with zero attached hydrogens (tertiary/aromatic N) is 1. The molecule has 0 unspecified atom stereocenters. The van der Waals surface area contributed by atoms with Crippen LogP contribution < -0.4 is 20.6 Å². The van der Waals surface area contributed by atoms with Gasteiger partial charge in [-0.1, -0.05) is 0 Å². The first-order valence-corrected chi connectivity index (χ1v) is 4.58. The fraction of sp³-hybridized carbons (Fsp3) is 0.200. The molecular formula is C10H12FN3O3. The van der Waals surface area contributed by atoms with Crippen LogP contribution in [0.1, 0.15) is 5.56 Å². The van der Waals surface area contributed by atoms with E-state index in [-0.39, 0.29) is 11.5 Å². The number of hydrogen-bond donors (Lipinski definition) is 2. The fourth-order valence-corrected chi connectivity index (χ4v) is 1.18. The number of primary amides is 1. The highest BCUT2D eigenvalue weighted by Gasteiger charge is 2.11. The lowest BCUT2D eigenvalue weighted by Gasteiger charge is -2.08. The topological polar surface area (TPSA) is 85.9 Å². The number of rotatable bonds is 4. The smallest absolute Gasteiger partial charge is 0.332 e. The van der Waals surface area contributed by atoms with Crippen molar-refractivity contribution in [2.75, 3.05) is 14.2 Å². The lowest BCUT2D eigenvalue weighted by Crippen LogP contribution is -2.24. The molecule has 0 saturated heterocycles. The molecule has 0 spiro atoms. The van der Waals surface area contributed by atoms with Crippen molar-refractivity contribution in [1.29, 1.82) is 0 Å². The second kappa shape index (κ2) is 5.69. The van der Waals surface area contributed by atoms with E-state index in [1.807, 2.05) is 5.43 Å². The van der Waals surface area contributed by atoms with Crippen LogP contribution in [0.3, 0.4) is 0 Å². The second-order valence-corrected chi connectivity index (χ2v) is 2.97. The van der Waals surface area contributed by atoms with Crippen LogP contribution in [-0.4, -0.2) is 26.5 Å². The van der Waals surface area contributed by atoms with E-state index in [2.05, 4.69) is 5.10 Å². The van der Waals surface area contributed by atoms with Gasteiger partial charge in [-0.05, 0) is 12.1 Å². The Bertz CT molecular complexity index is 449. The summed E-state index contributed by atoms with van der Waals surface area (Å²) < 4.78 is 23.3. The number of halogens is 1. The zero-order chi connectivity index (χ0) is 12.8. The van der Waals surface area contributed by atoms with Gasteiger partial charge in [-0.3, -0.25) is 0 Å². The molecule has 6 nitrogen and oxygen atoms in total. The van der Waals surface area contributed by atoms with Crippen LogP contribution in [0.25, 0.3) is 0 Å². The predicted molar refractivity (Wildman–Crippen MR) is 59.8 cm³/mol. The van der Waals surface area contributed by atoms with E-state index in [1.165, 1.54) is 32.6 Å². The monoisotopic (exact) mass is 241 g/mol. The van der Waals surface area contributed by atoms with E-state index in [1.54, 1.807) is 0 Å². The molecule has 0 aliphatic rings. The van der Waals surface area contributed by atoms with Crippen molar-refractivity contribution < 1.29 is 18.7 Å². The average Bonchev–Trinajstić information content (AvgIpc) is 2.27. The predicted octanol–water partition coefficient (Wildman–Crippen LogP) is 0.845. The summed E-state index contributed by atoms with van der Waals surface area (Å²) in [4.78, 5) is 10.4. The van der Waals surface area contributed by atoms with Crippen molar-refractivity contribution >= 4 is 12.2 Å². The molecule has 1 aromatic carbocycles. The second-order valence-electron chi connectivity index (χ2n) is 2.97. The summed E-state index contributed by atoms with van der Waals surface area (Å²) in [5, 5.41) is 3.50. The molecule has 0 aromatic heterocycles. The highest BCUT2D eigenvalue weighted by atomic mass is 19.1. The molecule has 1 aromatic rings. The summed E-state index contributed by atoms with van der Waals surface area (Å²) in [7, 11) is 2.73. The number of benzene rings is 1. The molecule has 0 aliphatic heterocycles. The molecular weight excluding hydrogens is 229 g/mol. The van der Waals surface area contributed by atoms with Crippen LogP contribution in [0.5, 0.6) is 11.5 Å². The van der Waals surface area contributed by atoms with Gasteiger partial charge in [-0.15, -0.1) is 0 Å². The van der Waals surface area contributed by atoms with Crippen LogP contribution in [0, 0.1) is 5.82 Å². The summed E-state index contributed by atoms with van der Waals surface area (Å²) >= 11 is 0. The minimum Gasteiger partial charge on any atom is -0.493 e. The van der Waals surface area contributed by atoms with Gasteiger partial charge in [0.1, 0.15) is 0 Å². The third-order valence-electron chi connectivity index (χ3n) is 1.84. The summed E-state index contributed by atoms with van der Waals surface area (Å²) in [6.45, 7) is 0. The number of nitrogens with two attached hydrogens (primary N) is 1. The van der Waals surface area contributed by atoms with Crippen molar-refractivity contribution in [3.63, 3.8) is 0 Å². The highest BCUT2D eigenvalue weighted by Crippen LogP contribution is 2.30. The van der Waals surface area contributed by atoms with E-state index in [0.29, 0.717) is 5.56 Å². The van der Waals surface area contributed by atoms with Gasteiger partial charge in [0.2, 0.25) is 0 Å². The molecule has 0 fully saturated rings. The largest absolute Gasteiger partial charge is 0.493 e. The average molecular weight is 241 g/mol. The van der Waals surface area contributed by atoms with Crippen LogP contribution in [0.2, 0.25) is 0 Å². The van der Waals surface area contributed by atoms with Gasteiger partial charge in [0.05, 0.1) is 20.4 Å². The van der Waals surface area contributed by atoms with E-state index in [9.17, 15) is 9.18 Å². The third-order valence-corrected chi connectivity index (χ3v) is 1.84. The van der Waals surface area contributed by atoms with Gasteiger partial charge in [-0.2, -0.15) is 5.10 Å². The number of methoxy groups -OCH3 is 2. The number of hydrazone groups is 1. The van der Waals surface area contributed by atoms with Gasteiger partial charge in [0.15, 0.2) is 17.3 Å². The maximum atomic E-state index is 13.5. The van der Waals surface area contributed by atoms with Crippen LogP contribution >= 0.6 is 0 Å². The zero-order valence-corrected chi connectivity index (χ0v) is 9.36. The highest BCUT2D eigenvalue weighted by molar-refractivity contribution is 5.82. The van der Waals surface area contributed by atoms with Gasteiger partial charge < -0.3 is 15.2 Å². The number of urea groups is 1. The van der Waals surface area contributed by atoms with Crippen LogP contribution in [-0.2, 0) is 0 Å². The van der Waals surface area contributed by atoms with Crippen molar-refractivity contribution in [3.8, 4) is 11.5 Å². The minimum atomic E-state index is -0.804. The van der Waals surface area contributed by atoms with Crippen molar-refractivity contribution in [2.45, 2.75) is 0 Å². The van der Waals surface area contributed by atoms with E-state index < -0.39 is 11.8 Å². The number of carbonyl (C=O) groups excluding carboxylic acids is 1. The van der Waals surface area contributed by atoms with E-state index in [4.69, 9.17) is 15.2 Å². The lowest BCUT2D eigenvalue weighted by atomic mass is 10.2. The maximum Gasteiger partial charge on any atom is 0.332 e. The van der Waals surface area contributed by atoms with Crippen molar-refractivity contribution in [2.24, 2.45) is 10.8 Å². The SMILES string of the molecule is COc1cc(C=NNC(N)=O)cc(F)c1OC. The summed E-state index contributed by atoms with van der Waals surface area (Å²) in [5.74, 6) is -0.354. The first-order chi connectivity index (χ1) is 8.08. The molecule has 0 atom stereocenters. The first-order valence-electron chi connectivity index (χ1n) is 4.58. The Labute approximate surface area is 97.2 Å². The molecule has 0 bridgehead atoms. The fourth-order valence-electron chi connectivity index (χ4n) is 1.18. The van der Waals surface area contributed by atoms with Gasteiger partial charge in [0.25, 0.3) is 0 Å². The van der Waals surface area contributed by atoms with Gasteiger partial charge in [-0.25, -0.2) is 14.6 Å². The van der Waals surface area contributed by atoms with Crippen LogP contribution in [0.15, 0.2) is 17.2 Å². The molecule has 92 valence electrons. The van der Waals surface area contributed by atoms with E-state index >= 15 is 0 Å². The number of amides is 2. The molecule has 3 N–H and O–H groups in total. The molecule has 0 radical (unpaired) electrons. The Balaban J connectivity index is 2.99. The third kappa shape index (κ3) is 3.33. The standard InChI is InChI=1S/C10H12FN3O3/c1-16-8-4-6(5-13-14-10(12)15)3-7(11)9(8)17-2/h3-5H,1-2H3,(H3,12,14,15). The molecule has 0 heterocycles. The van der Waals surface area contributed by atoms with Gasteiger partial charge >= 0.3 is 6.03 Å². The Hall–Kier alpha value is -2.31. The summed E-state index contributed by atoms with van der Waals surface area (Å²) in [6.07, 6.45) is 1.23. The summed E-state index contributed by atoms with van der Waals surface area (Å²) in [5.41, 5.74) is 7.20. The molecule has 0 saturated carbocycles. The lowest BCUT2D eigenvalue weighted by molar-refractivity contribution is 0.249. The van der Waals surface area contributed by atoms with E-state index in [0.717, 1.165) is 0 Å². The Kier molecular flexibility index (Phi) is 4.27. The normalized spacial score (nSPS) is 10.3. The van der Waals surface area contributed by atoms with Gasteiger partial charge in [0, 0.05) is 5.56 Å². The molecule has 17 heavy (non-hydrogen) atoms. The zero-order valence-electron chi connectivity index (χ0n) is 9.36. The quantitative estimate of drug-likeness (QED) is 0.605. The minimum absolute atomic E-state index is 0.00695. The first kappa shape index (κ1) is 12.8. The molecule has 7 heteroatoms. The van der Waals surface area contributed by atoms with Crippen molar-refractivity contribution in [3.05, 3.63) is 23.5 Å². The number of hydrogen-bond acceptors (Lipinski definition) is 4. The molecule has 1 rings (SSSR count). The number of nitrogens with one attached hydrogen (secondary N) is 1. The molecule has 0 aliphatic carbocycles. The number of carbonyl (C=O) groups is 1. The molecule has 2 amide bonds. The summed E-state index contributed by atoms with van der Waals surface area (Å²) in [6, 6.07) is 1.89. The van der Waals surface area contributed by atoms with Crippen LogP contribution in [0.4, 0.5) is 9.18 Å². The Morgan fingerprint density at radius 1 is 1.47 bits per heavy atom. The Morgan fingerprint density at radius 2 is 2.18 bits per heavy atom.